The molecule has 1 aromatic heterocycles. The quantitative estimate of drug-likeness (QED) is 0.851. The molecule has 3 rings (SSSR count). The number of nitrogens with zero attached hydrogens (tertiary/aromatic N) is 3. The first kappa shape index (κ1) is 17.4. The van der Waals surface area contributed by atoms with E-state index in [1.54, 1.807) is 31.3 Å². The molecular weight excluding hydrogens is 344 g/mol. The molecule has 2 heterocycles. The summed E-state index contributed by atoms with van der Waals surface area (Å²) in [4.78, 5) is 22.5. The Morgan fingerprint density at radius 1 is 1.28 bits per heavy atom. The van der Waals surface area contributed by atoms with E-state index in [1.807, 2.05) is 0 Å². The number of carbonyl (C=O) groups is 1. The predicted molar refractivity (Wildman–Crippen MR) is 93.5 cm³/mol. The lowest BCUT2D eigenvalue weighted by atomic mass is 10.1. The van der Waals surface area contributed by atoms with Gasteiger partial charge in [-0.05, 0) is 6.07 Å². The molecule has 1 amide bonds. The Morgan fingerprint density at radius 2 is 1.92 bits per heavy atom. The monoisotopic (exact) mass is 364 g/mol. The van der Waals surface area contributed by atoms with E-state index in [-0.39, 0.29) is 17.6 Å². The zero-order valence-electron chi connectivity index (χ0n) is 14.3. The van der Waals surface area contributed by atoms with Crippen LogP contribution in [-0.4, -0.2) is 63.8 Å². The van der Waals surface area contributed by atoms with Crippen LogP contribution in [0.25, 0.3) is 10.9 Å². The fraction of sp³-hybridized carbons (Fsp3) is 0.438. The van der Waals surface area contributed by atoms with Crippen molar-refractivity contribution in [1.29, 1.82) is 4.78 Å². The molecule has 0 radical (unpaired) electrons. The van der Waals surface area contributed by atoms with Crippen LogP contribution in [0.5, 0.6) is 11.5 Å². The summed E-state index contributed by atoms with van der Waals surface area (Å²) in [6, 6.07) is 3.51. The van der Waals surface area contributed by atoms with Crippen LogP contribution in [-0.2, 0) is 20.9 Å². The van der Waals surface area contributed by atoms with Crippen LogP contribution in [0.15, 0.2) is 18.5 Å². The summed E-state index contributed by atoms with van der Waals surface area (Å²) in [5.41, 5.74) is 1.27. The van der Waals surface area contributed by atoms with Crippen molar-refractivity contribution in [3.8, 4) is 11.5 Å². The Kier molecular flexibility index (Phi) is 4.51. The second-order valence-corrected chi connectivity index (χ2v) is 8.52. The van der Waals surface area contributed by atoms with Crippen LogP contribution >= 0.6 is 0 Å². The number of carbonyl (C=O) groups excluding carboxylic acids is 1. The summed E-state index contributed by atoms with van der Waals surface area (Å²) in [6.45, 7) is 0.718. The molecule has 1 unspecified atom stereocenters. The largest absolute Gasteiger partial charge is 0.493 e. The molecule has 25 heavy (non-hydrogen) atoms. The van der Waals surface area contributed by atoms with E-state index < -0.39 is 9.73 Å². The van der Waals surface area contributed by atoms with E-state index >= 15 is 0 Å². The van der Waals surface area contributed by atoms with Crippen molar-refractivity contribution < 1.29 is 18.5 Å². The van der Waals surface area contributed by atoms with E-state index in [1.165, 1.54) is 12.6 Å². The zero-order chi connectivity index (χ0) is 18.2. The van der Waals surface area contributed by atoms with E-state index in [0.717, 1.165) is 5.39 Å². The molecule has 0 bridgehead atoms. The molecule has 8 nitrogen and oxygen atoms in total. The second-order valence-electron chi connectivity index (χ2n) is 6.05. The standard InChI is InChI=1S/C16H20N4O4S/c1-23-14-4-11-12(5-15(14)24-2)18-9-19-13(11)6-16(21)20-7-10(8-20)25(3,17)22/h4-5,9-10,17H,6-8H2,1-3H3. The van der Waals surface area contributed by atoms with Crippen molar-refractivity contribution in [3.63, 3.8) is 0 Å². The molecule has 1 N–H and O–H groups in total. The van der Waals surface area contributed by atoms with Gasteiger partial charge >= 0.3 is 0 Å². The summed E-state index contributed by atoms with van der Waals surface area (Å²) in [6.07, 6.45) is 2.94. The first-order valence-corrected chi connectivity index (χ1v) is 9.72. The average Bonchev–Trinajstić information content (AvgIpc) is 2.51. The molecule has 1 fully saturated rings. The Balaban J connectivity index is 1.83. The van der Waals surface area contributed by atoms with E-state index in [2.05, 4.69) is 9.97 Å². The fourth-order valence-electron chi connectivity index (χ4n) is 2.76. The van der Waals surface area contributed by atoms with Gasteiger partial charge in [0.15, 0.2) is 11.5 Å². The van der Waals surface area contributed by atoms with Crippen molar-refractivity contribution in [2.45, 2.75) is 11.7 Å². The summed E-state index contributed by atoms with van der Waals surface area (Å²) >= 11 is 0. The molecule has 1 saturated heterocycles. The van der Waals surface area contributed by atoms with Crippen LogP contribution in [0.2, 0.25) is 0 Å². The van der Waals surface area contributed by atoms with E-state index in [0.29, 0.717) is 35.8 Å². The van der Waals surface area contributed by atoms with Crippen LogP contribution < -0.4 is 9.47 Å². The van der Waals surface area contributed by atoms with Crippen LogP contribution in [0.4, 0.5) is 0 Å². The minimum Gasteiger partial charge on any atom is -0.493 e. The molecule has 1 aliphatic heterocycles. The van der Waals surface area contributed by atoms with Gasteiger partial charge in [-0.1, -0.05) is 0 Å². The first-order chi connectivity index (χ1) is 11.8. The third-order valence-corrected chi connectivity index (χ3v) is 5.95. The highest BCUT2D eigenvalue weighted by atomic mass is 32.2. The molecule has 1 aromatic carbocycles. The van der Waals surface area contributed by atoms with Crippen molar-refractivity contribution in [3.05, 3.63) is 24.2 Å². The number of hydrogen-bond acceptors (Lipinski definition) is 7. The molecule has 2 aromatic rings. The average molecular weight is 364 g/mol. The van der Waals surface area contributed by atoms with Gasteiger partial charge in [-0.3, -0.25) is 9.57 Å². The Bertz CT molecular complexity index is 923. The Morgan fingerprint density at radius 3 is 2.52 bits per heavy atom. The third-order valence-electron chi connectivity index (χ3n) is 4.38. The molecule has 134 valence electrons. The van der Waals surface area contributed by atoms with Gasteiger partial charge in [-0.2, -0.15) is 0 Å². The first-order valence-electron chi connectivity index (χ1n) is 7.69. The smallest absolute Gasteiger partial charge is 0.228 e. The lowest BCUT2D eigenvalue weighted by Gasteiger charge is -2.39. The molecule has 0 spiro atoms. The van der Waals surface area contributed by atoms with Gasteiger partial charge in [-0.15, -0.1) is 0 Å². The highest BCUT2D eigenvalue weighted by Crippen LogP contribution is 2.32. The number of fused-ring (bicyclic) bond motifs is 1. The number of amides is 1. The van der Waals surface area contributed by atoms with Gasteiger partial charge in [0.1, 0.15) is 6.33 Å². The number of methoxy groups -OCH3 is 2. The van der Waals surface area contributed by atoms with Crippen molar-refractivity contribution >= 4 is 26.5 Å². The zero-order valence-corrected chi connectivity index (χ0v) is 15.1. The topological polar surface area (TPSA) is 105 Å². The van der Waals surface area contributed by atoms with Gasteiger partial charge in [0.05, 0.1) is 37.1 Å². The SMILES string of the molecule is COc1cc2ncnc(CC(=O)N3CC(S(C)(=N)=O)C3)c2cc1OC. The fourth-order valence-corrected chi connectivity index (χ4v) is 3.69. The maximum Gasteiger partial charge on any atom is 0.228 e. The number of aromatic nitrogens is 2. The van der Waals surface area contributed by atoms with Crippen molar-refractivity contribution in [2.75, 3.05) is 33.6 Å². The molecule has 9 heteroatoms. The maximum atomic E-state index is 12.4. The van der Waals surface area contributed by atoms with Gasteiger partial charge in [0.25, 0.3) is 0 Å². The minimum atomic E-state index is -2.61. The van der Waals surface area contributed by atoms with Crippen LogP contribution in [0.3, 0.4) is 0 Å². The third kappa shape index (κ3) is 3.37. The van der Waals surface area contributed by atoms with Crippen molar-refractivity contribution in [2.24, 2.45) is 0 Å². The minimum absolute atomic E-state index is 0.102. The predicted octanol–water partition coefficient (Wildman–Crippen LogP) is 1.08. The molecule has 1 atom stereocenters. The number of ether oxygens (including phenoxy) is 2. The van der Waals surface area contributed by atoms with Gasteiger partial charge < -0.3 is 14.4 Å². The summed E-state index contributed by atoms with van der Waals surface area (Å²) in [5, 5.41) is 0.480. The van der Waals surface area contributed by atoms with Crippen LogP contribution in [0, 0.1) is 4.78 Å². The lowest BCUT2D eigenvalue weighted by Crippen LogP contribution is -2.56. The number of hydrogen-bond donors (Lipinski definition) is 1. The van der Waals surface area contributed by atoms with Crippen molar-refractivity contribution in [1.82, 2.24) is 14.9 Å². The number of benzene rings is 1. The number of likely N-dealkylation sites (tertiary alicyclic amines) is 1. The molecule has 0 saturated carbocycles. The number of nitrogens with one attached hydrogen (secondary N) is 1. The Hall–Kier alpha value is -2.42. The highest BCUT2D eigenvalue weighted by molar-refractivity contribution is 7.92. The highest BCUT2D eigenvalue weighted by Gasteiger charge is 2.35. The summed E-state index contributed by atoms with van der Waals surface area (Å²) in [7, 11) is 0.486. The number of rotatable bonds is 5. The Labute approximate surface area is 146 Å². The summed E-state index contributed by atoms with van der Waals surface area (Å²) in [5.74, 6) is 1.00. The van der Waals surface area contributed by atoms with E-state index in [9.17, 15) is 9.00 Å². The van der Waals surface area contributed by atoms with Gasteiger partial charge in [-0.25, -0.2) is 14.2 Å². The molecular formula is C16H20N4O4S. The lowest BCUT2D eigenvalue weighted by molar-refractivity contribution is -0.133. The van der Waals surface area contributed by atoms with Crippen LogP contribution in [0.1, 0.15) is 5.69 Å². The second kappa shape index (κ2) is 6.47. The van der Waals surface area contributed by atoms with E-state index in [4.69, 9.17) is 14.3 Å². The van der Waals surface area contributed by atoms with Gasteiger partial charge in [0, 0.05) is 40.5 Å². The normalized spacial score (nSPS) is 17.0. The molecule has 1 aliphatic rings. The summed E-state index contributed by atoms with van der Waals surface area (Å²) < 4.78 is 29.8. The van der Waals surface area contributed by atoms with Gasteiger partial charge in [0.2, 0.25) is 5.91 Å². The maximum absolute atomic E-state index is 12.4. The molecule has 0 aliphatic carbocycles.